The van der Waals surface area contributed by atoms with E-state index in [9.17, 15) is 24.5 Å². The minimum Gasteiger partial charge on any atom is -0.465 e. The van der Waals surface area contributed by atoms with Crippen molar-refractivity contribution in [2.24, 2.45) is 0 Å². The molecule has 0 atom stereocenters. The molecule has 0 radical (unpaired) electrons. The van der Waals surface area contributed by atoms with E-state index in [1.165, 1.54) is 5.56 Å². The second-order valence-electron chi connectivity index (χ2n) is 6.35. The number of ketones is 1. The molecule has 1 aliphatic carbocycles. The van der Waals surface area contributed by atoms with Gasteiger partial charge >= 0.3 is 11.9 Å². The number of non-ortho nitro benzene ring substituents is 1. The average molecular weight is 383 g/mol. The highest BCUT2D eigenvalue weighted by atomic mass is 16.6. The number of nitro benzene ring substituents is 1. The Balaban J connectivity index is 1.73. The average Bonchev–Trinajstić information content (AvgIpc) is 3.18. The van der Waals surface area contributed by atoms with Gasteiger partial charge in [0.25, 0.3) is 5.69 Å². The number of hydrogen-bond donors (Lipinski definition) is 0. The molecule has 2 aromatic carbocycles. The first-order chi connectivity index (χ1) is 13.4. The second kappa shape index (κ2) is 7.99. The molecule has 8 heteroatoms. The molecular formula is C20H17NO7. The molecule has 0 N–H and O–H groups in total. The fraction of sp³-hybridized carbons (Fsp3) is 0.250. The monoisotopic (exact) mass is 383 g/mol. The first kappa shape index (κ1) is 19.2. The quantitative estimate of drug-likeness (QED) is 0.326. The van der Waals surface area contributed by atoms with Gasteiger partial charge in [-0.3, -0.25) is 14.9 Å². The zero-order valence-electron chi connectivity index (χ0n) is 15.1. The smallest absolute Gasteiger partial charge is 0.338 e. The fourth-order valence-electron chi connectivity index (χ4n) is 3.11. The van der Waals surface area contributed by atoms with Gasteiger partial charge in [-0.05, 0) is 42.5 Å². The molecule has 0 aromatic heterocycles. The molecule has 0 bridgehead atoms. The van der Waals surface area contributed by atoms with Crippen LogP contribution < -0.4 is 0 Å². The number of Topliss-reactive ketones (excluding diaryl/α,β-unsaturated/α-hetero) is 1. The molecule has 3 rings (SSSR count). The lowest BCUT2D eigenvalue weighted by molar-refractivity contribution is -0.384. The van der Waals surface area contributed by atoms with Crippen molar-refractivity contribution in [2.45, 2.75) is 19.3 Å². The lowest BCUT2D eigenvalue weighted by Gasteiger charge is -2.07. The van der Waals surface area contributed by atoms with E-state index < -0.39 is 29.2 Å². The number of ether oxygens (including phenoxy) is 2. The first-order valence-corrected chi connectivity index (χ1v) is 8.59. The highest BCUT2D eigenvalue weighted by molar-refractivity contribution is 6.00. The summed E-state index contributed by atoms with van der Waals surface area (Å²) >= 11 is 0. The summed E-state index contributed by atoms with van der Waals surface area (Å²) in [6.45, 7) is -0.506. The summed E-state index contributed by atoms with van der Waals surface area (Å²) in [5, 5.41) is 11.0. The summed E-state index contributed by atoms with van der Waals surface area (Å²) in [7, 11) is 1.12. The molecule has 1 aliphatic rings. The number of benzene rings is 2. The SMILES string of the molecule is COC(=O)c1cc(C(=O)OCC(=O)c2ccc3c(c2)CCC3)cc([N+](=O)[O-])c1. The van der Waals surface area contributed by atoms with E-state index in [2.05, 4.69) is 4.74 Å². The Kier molecular flexibility index (Phi) is 5.49. The maximum absolute atomic E-state index is 12.3. The van der Waals surface area contributed by atoms with E-state index in [0.29, 0.717) is 5.56 Å². The minimum absolute atomic E-state index is 0.159. The Hall–Kier alpha value is -3.55. The van der Waals surface area contributed by atoms with Crippen LogP contribution >= 0.6 is 0 Å². The highest BCUT2D eigenvalue weighted by Crippen LogP contribution is 2.23. The van der Waals surface area contributed by atoms with Crippen LogP contribution in [0, 0.1) is 10.1 Å². The van der Waals surface area contributed by atoms with Crippen LogP contribution in [0.25, 0.3) is 0 Å². The fourth-order valence-corrected chi connectivity index (χ4v) is 3.11. The molecular weight excluding hydrogens is 366 g/mol. The van der Waals surface area contributed by atoms with Crippen molar-refractivity contribution in [1.29, 1.82) is 0 Å². The van der Waals surface area contributed by atoms with Crippen LogP contribution in [-0.4, -0.2) is 36.4 Å². The molecule has 0 unspecified atom stereocenters. The topological polar surface area (TPSA) is 113 Å². The third kappa shape index (κ3) is 4.06. The number of esters is 2. The van der Waals surface area contributed by atoms with Crippen molar-refractivity contribution in [1.82, 2.24) is 0 Å². The molecule has 0 fully saturated rings. The van der Waals surface area contributed by atoms with Gasteiger partial charge in [-0.1, -0.05) is 12.1 Å². The van der Waals surface area contributed by atoms with Crippen LogP contribution in [0.4, 0.5) is 5.69 Å². The number of methoxy groups -OCH3 is 1. The van der Waals surface area contributed by atoms with Crippen LogP contribution in [0.2, 0.25) is 0 Å². The van der Waals surface area contributed by atoms with Gasteiger partial charge in [0, 0.05) is 17.7 Å². The van der Waals surface area contributed by atoms with E-state index >= 15 is 0 Å². The van der Waals surface area contributed by atoms with E-state index in [1.807, 2.05) is 6.07 Å². The number of fused-ring (bicyclic) bond motifs is 1. The number of rotatable bonds is 6. The predicted octanol–water partition coefficient (Wildman–Crippen LogP) is 2.91. The van der Waals surface area contributed by atoms with Crippen LogP contribution in [-0.2, 0) is 22.3 Å². The Morgan fingerprint density at radius 1 is 0.964 bits per heavy atom. The summed E-state index contributed by atoms with van der Waals surface area (Å²) < 4.78 is 9.53. The predicted molar refractivity (Wildman–Crippen MR) is 97.5 cm³/mol. The van der Waals surface area contributed by atoms with Crippen molar-refractivity contribution < 1.29 is 28.8 Å². The van der Waals surface area contributed by atoms with Crippen molar-refractivity contribution >= 4 is 23.4 Å². The number of aryl methyl sites for hydroxylation is 2. The second-order valence-corrected chi connectivity index (χ2v) is 6.35. The third-order valence-electron chi connectivity index (χ3n) is 4.54. The maximum atomic E-state index is 12.3. The summed E-state index contributed by atoms with van der Waals surface area (Å²) in [5.41, 5.74) is 1.96. The Labute approximate surface area is 160 Å². The minimum atomic E-state index is -0.941. The first-order valence-electron chi connectivity index (χ1n) is 8.59. The number of hydrogen-bond acceptors (Lipinski definition) is 7. The molecule has 0 saturated carbocycles. The summed E-state index contributed by atoms with van der Waals surface area (Å²) in [6, 6.07) is 8.51. The summed E-state index contributed by atoms with van der Waals surface area (Å²) in [5.74, 6) is -2.14. The van der Waals surface area contributed by atoms with Gasteiger partial charge < -0.3 is 9.47 Å². The van der Waals surface area contributed by atoms with Crippen molar-refractivity contribution in [3.05, 3.63) is 74.3 Å². The van der Waals surface area contributed by atoms with Gasteiger partial charge in [0.05, 0.1) is 23.2 Å². The standard InChI is InChI=1S/C20H17NO7/c1-27-19(23)15-8-16(10-17(9-15)21(25)26)20(24)28-11-18(22)14-6-5-12-3-2-4-13(12)7-14/h5-10H,2-4,11H2,1H3. The molecule has 0 amide bonds. The highest BCUT2D eigenvalue weighted by Gasteiger charge is 2.20. The van der Waals surface area contributed by atoms with E-state index in [-0.39, 0.29) is 16.9 Å². The van der Waals surface area contributed by atoms with Gasteiger partial charge in [0.1, 0.15) is 0 Å². The lowest BCUT2D eigenvalue weighted by Crippen LogP contribution is -2.15. The maximum Gasteiger partial charge on any atom is 0.338 e. The van der Waals surface area contributed by atoms with E-state index in [4.69, 9.17) is 4.74 Å². The number of carbonyl (C=O) groups excluding carboxylic acids is 3. The van der Waals surface area contributed by atoms with Crippen LogP contribution in [0.15, 0.2) is 36.4 Å². The molecule has 144 valence electrons. The summed E-state index contributed by atoms with van der Waals surface area (Å²) in [6.07, 6.45) is 2.96. The van der Waals surface area contributed by atoms with Crippen LogP contribution in [0.5, 0.6) is 0 Å². The zero-order valence-corrected chi connectivity index (χ0v) is 15.1. The summed E-state index contributed by atoms with van der Waals surface area (Å²) in [4.78, 5) is 46.5. The Bertz CT molecular complexity index is 981. The zero-order chi connectivity index (χ0) is 20.3. The van der Waals surface area contributed by atoms with Gasteiger partial charge in [-0.25, -0.2) is 9.59 Å². The molecule has 0 spiro atoms. The molecule has 2 aromatic rings. The van der Waals surface area contributed by atoms with Crippen molar-refractivity contribution in [3.63, 3.8) is 0 Å². The van der Waals surface area contributed by atoms with Gasteiger partial charge in [-0.2, -0.15) is 0 Å². The van der Waals surface area contributed by atoms with Crippen LogP contribution in [0.3, 0.4) is 0 Å². The largest absolute Gasteiger partial charge is 0.465 e. The lowest BCUT2D eigenvalue weighted by atomic mass is 10.0. The van der Waals surface area contributed by atoms with Crippen LogP contribution in [0.1, 0.15) is 48.6 Å². The Morgan fingerprint density at radius 2 is 1.64 bits per heavy atom. The van der Waals surface area contributed by atoms with Crippen molar-refractivity contribution in [2.75, 3.05) is 13.7 Å². The normalized spacial score (nSPS) is 12.2. The van der Waals surface area contributed by atoms with E-state index in [1.54, 1.807) is 12.1 Å². The molecule has 0 heterocycles. The molecule has 8 nitrogen and oxygen atoms in total. The molecule has 28 heavy (non-hydrogen) atoms. The third-order valence-corrected chi connectivity index (χ3v) is 4.54. The molecule has 0 aliphatic heterocycles. The van der Waals surface area contributed by atoms with Gasteiger partial charge in [0.15, 0.2) is 12.4 Å². The van der Waals surface area contributed by atoms with E-state index in [0.717, 1.165) is 50.1 Å². The number of nitro groups is 1. The van der Waals surface area contributed by atoms with Gasteiger partial charge in [-0.15, -0.1) is 0 Å². The number of nitrogens with zero attached hydrogens (tertiary/aromatic N) is 1. The Morgan fingerprint density at radius 3 is 2.32 bits per heavy atom. The van der Waals surface area contributed by atoms with Gasteiger partial charge in [0.2, 0.25) is 0 Å². The number of carbonyl (C=O) groups is 3. The molecule has 0 saturated heterocycles. The van der Waals surface area contributed by atoms with Crippen molar-refractivity contribution in [3.8, 4) is 0 Å².